The van der Waals surface area contributed by atoms with Crippen LogP contribution in [0.5, 0.6) is 11.6 Å². The molecule has 5 rings (SSSR count). The lowest BCUT2D eigenvalue weighted by molar-refractivity contribution is 0.193. The minimum Gasteiger partial charge on any atom is -0.439 e. The van der Waals surface area contributed by atoms with Crippen LogP contribution in [0.15, 0.2) is 78.5 Å². The number of nitrogens with zero attached hydrogens (tertiary/aromatic N) is 2. The van der Waals surface area contributed by atoms with Crippen molar-refractivity contribution in [3.05, 3.63) is 95.4 Å². The quantitative estimate of drug-likeness (QED) is 0.546. The van der Waals surface area contributed by atoms with Crippen molar-refractivity contribution in [3.63, 3.8) is 0 Å². The lowest BCUT2D eigenvalue weighted by Crippen LogP contribution is -2.44. The summed E-state index contributed by atoms with van der Waals surface area (Å²) in [6.45, 7) is 1.44. The first kappa shape index (κ1) is 21.2. The van der Waals surface area contributed by atoms with E-state index in [0.717, 1.165) is 44.1 Å². The van der Waals surface area contributed by atoms with Gasteiger partial charge in [-0.1, -0.05) is 54.1 Å². The first-order chi connectivity index (χ1) is 16.1. The number of urea groups is 1. The molecule has 168 valence electrons. The number of piperidine rings is 1. The van der Waals surface area contributed by atoms with Crippen molar-refractivity contribution in [2.75, 3.05) is 13.1 Å². The molecule has 2 aromatic carbocycles. The van der Waals surface area contributed by atoms with Crippen LogP contribution in [0.3, 0.4) is 0 Å². The minimum atomic E-state index is -0.394. The number of halogens is 1. The van der Waals surface area contributed by atoms with Gasteiger partial charge in [-0.15, -0.1) is 0 Å². The van der Waals surface area contributed by atoms with Gasteiger partial charge in [0.2, 0.25) is 5.88 Å². The van der Waals surface area contributed by atoms with E-state index in [9.17, 15) is 9.18 Å². The normalized spacial score (nSPS) is 19.7. The number of likely N-dealkylation sites (tertiary alicyclic amines) is 1. The first-order valence-electron chi connectivity index (χ1n) is 11.3. The molecule has 2 amide bonds. The molecule has 1 aliphatic heterocycles. The summed E-state index contributed by atoms with van der Waals surface area (Å²) in [5, 5.41) is 3.19. The number of benzene rings is 2. The Labute approximate surface area is 192 Å². The van der Waals surface area contributed by atoms with Crippen molar-refractivity contribution in [1.29, 1.82) is 0 Å². The Balaban J connectivity index is 1.13. The number of rotatable bonds is 5. The number of aromatic nitrogens is 1. The molecule has 2 atom stereocenters. The van der Waals surface area contributed by atoms with Gasteiger partial charge in [-0.05, 0) is 48.6 Å². The van der Waals surface area contributed by atoms with Gasteiger partial charge in [0.25, 0.3) is 0 Å². The number of amides is 2. The van der Waals surface area contributed by atoms with Crippen molar-refractivity contribution in [2.45, 2.75) is 31.2 Å². The molecule has 0 spiro atoms. The number of hydrogen-bond acceptors (Lipinski definition) is 3. The van der Waals surface area contributed by atoms with E-state index in [-0.39, 0.29) is 12.1 Å². The van der Waals surface area contributed by atoms with Gasteiger partial charge in [-0.3, -0.25) is 0 Å². The number of ether oxygens (including phenoxy) is 1. The topological polar surface area (TPSA) is 54.5 Å². The number of carbonyl (C=O) groups is 1. The SMILES string of the molecule is O=C(NC1CC1c1ccccc1)N1CCC(=Cc2cccc(Oc3ccc(F)cn3)c2)CC1. The van der Waals surface area contributed by atoms with Crippen LogP contribution in [0.25, 0.3) is 6.08 Å². The summed E-state index contributed by atoms with van der Waals surface area (Å²) in [6, 6.07) is 21.2. The van der Waals surface area contributed by atoms with Crippen LogP contribution in [-0.4, -0.2) is 35.0 Å². The maximum absolute atomic E-state index is 13.0. The zero-order valence-corrected chi connectivity index (χ0v) is 18.3. The number of carbonyl (C=O) groups excluding carboxylic acids is 1. The molecule has 1 saturated heterocycles. The Bertz CT molecular complexity index is 1140. The van der Waals surface area contributed by atoms with Gasteiger partial charge >= 0.3 is 6.03 Å². The lowest BCUT2D eigenvalue weighted by Gasteiger charge is -2.28. The summed E-state index contributed by atoms with van der Waals surface area (Å²) < 4.78 is 18.8. The van der Waals surface area contributed by atoms with Gasteiger partial charge in [0, 0.05) is 31.1 Å². The van der Waals surface area contributed by atoms with Crippen molar-refractivity contribution >= 4 is 12.1 Å². The summed E-state index contributed by atoms with van der Waals surface area (Å²) in [4.78, 5) is 18.5. The Morgan fingerprint density at radius 1 is 1.06 bits per heavy atom. The fourth-order valence-electron chi connectivity index (χ4n) is 4.26. The second-order valence-electron chi connectivity index (χ2n) is 8.59. The van der Waals surface area contributed by atoms with E-state index in [1.54, 1.807) is 0 Å². The zero-order chi connectivity index (χ0) is 22.6. The van der Waals surface area contributed by atoms with E-state index in [0.29, 0.717) is 17.5 Å². The van der Waals surface area contributed by atoms with Crippen molar-refractivity contribution in [3.8, 4) is 11.6 Å². The average molecular weight is 444 g/mol. The molecule has 6 heteroatoms. The van der Waals surface area contributed by atoms with Crippen LogP contribution in [0, 0.1) is 5.82 Å². The van der Waals surface area contributed by atoms with Crippen molar-refractivity contribution < 1.29 is 13.9 Å². The van der Waals surface area contributed by atoms with Gasteiger partial charge in [-0.25, -0.2) is 14.2 Å². The van der Waals surface area contributed by atoms with Gasteiger partial charge in [0.05, 0.1) is 6.20 Å². The first-order valence-corrected chi connectivity index (χ1v) is 11.3. The third-order valence-electron chi connectivity index (χ3n) is 6.17. The Morgan fingerprint density at radius 3 is 2.64 bits per heavy atom. The molecular weight excluding hydrogens is 417 g/mol. The van der Waals surface area contributed by atoms with E-state index in [1.807, 2.05) is 47.4 Å². The van der Waals surface area contributed by atoms with Crippen molar-refractivity contribution in [2.24, 2.45) is 0 Å². The molecule has 2 unspecified atom stereocenters. The Morgan fingerprint density at radius 2 is 1.88 bits per heavy atom. The third-order valence-corrected chi connectivity index (χ3v) is 6.17. The third kappa shape index (κ3) is 5.40. The highest BCUT2D eigenvalue weighted by Gasteiger charge is 2.40. The molecule has 5 nitrogen and oxygen atoms in total. The molecule has 1 N–H and O–H groups in total. The molecule has 1 saturated carbocycles. The molecule has 0 radical (unpaired) electrons. The van der Waals surface area contributed by atoms with Crippen LogP contribution in [0.4, 0.5) is 9.18 Å². The highest BCUT2D eigenvalue weighted by molar-refractivity contribution is 5.75. The predicted molar refractivity (Wildman–Crippen MR) is 126 cm³/mol. The lowest BCUT2D eigenvalue weighted by atomic mass is 10.0. The predicted octanol–water partition coefficient (Wildman–Crippen LogP) is 5.76. The number of nitrogens with one attached hydrogen (secondary N) is 1. The smallest absolute Gasteiger partial charge is 0.317 e. The Hall–Kier alpha value is -3.67. The number of hydrogen-bond donors (Lipinski definition) is 1. The average Bonchev–Trinajstić information content (AvgIpc) is 3.61. The molecule has 2 aliphatic rings. The van der Waals surface area contributed by atoms with Gasteiger partial charge in [0.1, 0.15) is 11.6 Å². The van der Waals surface area contributed by atoms with Crippen molar-refractivity contribution in [1.82, 2.24) is 15.2 Å². The molecule has 3 aromatic rings. The molecule has 33 heavy (non-hydrogen) atoms. The van der Waals surface area contributed by atoms with Crippen LogP contribution in [-0.2, 0) is 0 Å². The fourth-order valence-corrected chi connectivity index (χ4v) is 4.26. The van der Waals surface area contributed by atoms with Crippen LogP contribution < -0.4 is 10.1 Å². The second kappa shape index (κ2) is 9.45. The fraction of sp³-hybridized carbons (Fsp3) is 0.259. The molecule has 1 aromatic heterocycles. The van der Waals surface area contributed by atoms with E-state index in [1.165, 1.54) is 23.3 Å². The monoisotopic (exact) mass is 443 g/mol. The standard InChI is InChI=1S/C27H26FN3O2/c28-22-9-10-26(29-18-22)33-23-8-4-5-20(16-23)15-19-11-13-31(14-12-19)27(32)30-25-17-24(25)21-6-2-1-3-7-21/h1-10,15-16,18,24-25H,11-14,17H2,(H,30,32). The summed E-state index contributed by atoms with van der Waals surface area (Å²) in [5.74, 6) is 1.05. The van der Waals surface area contributed by atoms with Gasteiger partial charge < -0.3 is 15.0 Å². The number of pyridine rings is 1. The molecule has 2 fully saturated rings. The maximum Gasteiger partial charge on any atom is 0.317 e. The summed E-state index contributed by atoms with van der Waals surface area (Å²) >= 11 is 0. The minimum absolute atomic E-state index is 0.0414. The van der Waals surface area contributed by atoms with E-state index in [2.05, 4.69) is 28.5 Å². The molecule has 2 heterocycles. The Kier molecular flexibility index (Phi) is 6.07. The highest BCUT2D eigenvalue weighted by atomic mass is 19.1. The van der Waals surface area contributed by atoms with Crippen LogP contribution in [0.1, 0.15) is 36.3 Å². The summed E-state index contributed by atoms with van der Waals surface area (Å²) in [6.07, 6.45) is 6.01. The largest absolute Gasteiger partial charge is 0.439 e. The summed E-state index contributed by atoms with van der Waals surface area (Å²) in [5.41, 5.74) is 3.64. The molecular formula is C27H26FN3O2. The zero-order valence-electron chi connectivity index (χ0n) is 18.3. The highest BCUT2D eigenvalue weighted by Crippen LogP contribution is 2.40. The van der Waals surface area contributed by atoms with E-state index < -0.39 is 5.82 Å². The second-order valence-corrected chi connectivity index (χ2v) is 8.59. The maximum atomic E-state index is 13.0. The molecule has 1 aliphatic carbocycles. The van der Waals surface area contributed by atoms with Crippen LogP contribution in [0.2, 0.25) is 0 Å². The van der Waals surface area contributed by atoms with E-state index >= 15 is 0 Å². The van der Waals surface area contributed by atoms with Gasteiger partial charge in [-0.2, -0.15) is 0 Å². The molecule has 0 bridgehead atoms. The van der Waals surface area contributed by atoms with Gasteiger partial charge in [0.15, 0.2) is 0 Å². The summed E-state index contributed by atoms with van der Waals surface area (Å²) in [7, 11) is 0. The van der Waals surface area contributed by atoms with Crippen LogP contribution >= 0.6 is 0 Å². The van der Waals surface area contributed by atoms with E-state index in [4.69, 9.17) is 4.74 Å².